The van der Waals surface area contributed by atoms with Crippen molar-refractivity contribution in [2.45, 2.75) is 20.4 Å². The molecule has 4 N–H and O–H groups in total. The Kier molecular flexibility index (Phi) is 7.77. The van der Waals surface area contributed by atoms with Gasteiger partial charge in [-0.05, 0) is 49.7 Å². The number of hydrogen-bond acceptors (Lipinski definition) is 6. The van der Waals surface area contributed by atoms with Gasteiger partial charge in [0.2, 0.25) is 0 Å². The van der Waals surface area contributed by atoms with Gasteiger partial charge in [-0.25, -0.2) is 9.37 Å². The summed E-state index contributed by atoms with van der Waals surface area (Å²) in [6.45, 7) is 4.86. The first kappa shape index (κ1) is 26.4. The fourth-order valence-corrected chi connectivity index (χ4v) is 4.03. The van der Waals surface area contributed by atoms with E-state index in [-0.39, 0.29) is 22.7 Å². The normalized spacial score (nSPS) is 10.9. The molecule has 3 amide bonds. The first-order valence-corrected chi connectivity index (χ1v) is 11.8. The smallest absolute Gasteiger partial charge is 0.267 e. The predicted molar refractivity (Wildman–Crippen MR) is 140 cm³/mol. The molecule has 0 aliphatic rings. The summed E-state index contributed by atoms with van der Waals surface area (Å²) in [7, 11) is 1.57. The zero-order valence-corrected chi connectivity index (χ0v) is 21.2. The van der Waals surface area contributed by atoms with Crippen molar-refractivity contribution < 1.29 is 23.5 Å². The molecule has 0 saturated heterocycles. The van der Waals surface area contributed by atoms with Crippen molar-refractivity contribution in [3.8, 4) is 0 Å². The monoisotopic (exact) mass is 518 g/mol. The fourth-order valence-electron chi connectivity index (χ4n) is 4.03. The number of aromatic nitrogens is 3. The molecule has 2 heterocycles. The minimum absolute atomic E-state index is 0.134. The third-order valence-electron chi connectivity index (χ3n) is 6.03. The van der Waals surface area contributed by atoms with Crippen molar-refractivity contribution in [2.24, 2.45) is 5.73 Å². The Morgan fingerprint density at radius 1 is 1.05 bits per heavy atom. The molecule has 0 unspecified atom stereocenters. The quantitative estimate of drug-likeness (QED) is 0.291. The molecule has 2 aromatic heterocycles. The number of anilines is 1. The van der Waals surface area contributed by atoms with Crippen LogP contribution in [0.3, 0.4) is 0 Å². The lowest BCUT2D eigenvalue weighted by Gasteiger charge is -2.11. The number of rotatable bonds is 9. The van der Waals surface area contributed by atoms with Crippen LogP contribution in [0.25, 0.3) is 10.9 Å². The highest BCUT2D eigenvalue weighted by molar-refractivity contribution is 6.14. The number of benzene rings is 2. The van der Waals surface area contributed by atoms with Crippen molar-refractivity contribution in [1.82, 2.24) is 20.1 Å². The fraction of sp³-hybridized carbons (Fsp3) is 0.222. The van der Waals surface area contributed by atoms with E-state index in [4.69, 9.17) is 10.5 Å². The molecule has 11 heteroatoms. The van der Waals surface area contributed by atoms with Crippen molar-refractivity contribution >= 4 is 34.3 Å². The maximum atomic E-state index is 13.8. The summed E-state index contributed by atoms with van der Waals surface area (Å²) in [4.78, 5) is 41.3. The molecular formula is C27H27FN6O4. The van der Waals surface area contributed by atoms with Gasteiger partial charge in [-0.3, -0.25) is 19.1 Å². The number of carbonyl (C=O) groups is 3. The molecular weight excluding hydrogens is 491 g/mol. The molecule has 0 spiro atoms. The van der Waals surface area contributed by atoms with Crippen molar-refractivity contribution in [2.75, 3.05) is 25.6 Å². The van der Waals surface area contributed by atoms with Gasteiger partial charge in [-0.1, -0.05) is 12.1 Å². The topological polar surface area (TPSA) is 141 Å². The molecule has 0 radical (unpaired) electrons. The van der Waals surface area contributed by atoms with Gasteiger partial charge in [0.25, 0.3) is 17.7 Å². The minimum atomic E-state index is -0.830. The molecule has 4 rings (SSSR count). The average molecular weight is 519 g/mol. The lowest BCUT2D eigenvalue weighted by molar-refractivity contribution is 0.0935. The molecule has 0 bridgehead atoms. The molecule has 0 aliphatic carbocycles. The van der Waals surface area contributed by atoms with E-state index >= 15 is 0 Å². The third kappa shape index (κ3) is 5.68. The Hall–Kier alpha value is -4.64. The maximum Gasteiger partial charge on any atom is 0.267 e. The van der Waals surface area contributed by atoms with E-state index in [2.05, 4.69) is 20.7 Å². The van der Waals surface area contributed by atoms with Gasteiger partial charge in [-0.15, -0.1) is 0 Å². The van der Waals surface area contributed by atoms with Gasteiger partial charge < -0.3 is 21.1 Å². The van der Waals surface area contributed by atoms with Gasteiger partial charge in [0.1, 0.15) is 11.5 Å². The average Bonchev–Trinajstić information content (AvgIpc) is 3.15. The maximum absolute atomic E-state index is 13.8. The molecule has 10 nitrogen and oxygen atoms in total. The number of amides is 3. The van der Waals surface area contributed by atoms with Crippen molar-refractivity contribution in [3.63, 3.8) is 0 Å². The summed E-state index contributed by atoms with van der Waals surface area (Å²) in [5, 5.41) is 10.6. The van der Waals surface area contributed by atoms with E-state index in [1.807, 2.05) is 19.1 Å². The minimum Gasteiger partial charge on any atom is -0.383 e. The largest absolute Gasteiger partial charge is 0.383 e. The number of pyridine rings is 1. The number of aryl methyl sites for hydroxylation is 1. The van der Waals surface area contributed by atoms with Crippen molar-refractivity contribution in [1.29, 1.82) is 0 Å². The lowest BCUT2D eigenvalue weighted by atomic mass is 10.1. The first-order chi connectivity index (χ1) is 18.2. The summed E-state index contributed by atoms with van der Waals surface area (Å²) >= 11 is 0. The number of primary amides is 1. The number of carbonyl (C=O) groups excluding carboxylic acids is 3. The Bertz CT molecular complexity index is 1530. The number of nitrogens with two attached hydrogens (primary N) is 1. The highest BCUT2D eigenvalue weighted by Crippen LogP contribution is 2.25. The van der Waals surface area contributed by atoms with Gasteiger partial charge in [0.15, 0.2) is 0 Å². The molecule has 0 saturated carbocycles. The first-order valence-electron chi connectivity index (χ1n) is 11.8. The predicted octanol–water partition coefficient (Wildman–Crippen LogP) is 2.96. The van der Waals surface area contributed by atoms with Crippen molar-refractivity contribution in [3.05, 3.63) is 88.1 Å². The number of methoxy groups -OCH3 is 1. The van der Waals surface area contributed by atoms with Crippen LogP contribution >= 0.6 is 0 Å². The summed E-state index contributed by atoms with van der Waals surface area (Å²) in [6.07, 6.45) is 0. The van der Waals surface area contributed by atoms with Gasteiger partial charge in [0.05, 0.1) is 41.3 Å². The Balaban J connectivity index is 1.55. The summed E-state index contributed by atoms with van der Waals surface area (Å²) < 4.78 is 20.5. The van der Waals surface area contributed by atoms with Crippen LogP contribution in [0.1, 0.15) is 48.2 Å². The van der Waals surface area contributed by atoms with Crippen LogP contribution in [0.15, 0.2) is 48.5 Å². The standard InChI is InChI=1S/C27H27FN6O4/c1-15-24(32-27(37)21-13-23(25(29)35)31-22-12-19(28)8-9-20(21)22)16(2)34(33-15)14-17-4-6-18(7-5-17)26(36)30-10-11-38-3/h4-9,12-13H,10-11,14H2,1-3H3,(H2,29,35)(H,30,36)(H,32,37). The number of ether oxygens (including phenoxy) is 1. The van der Waals surface area contributed by atoms with E-state index < -0.39 is 17.6 Å². The van der Waals surface area contributed by atoms with Crippen LogP contribution in [-0.4, -0.2) is 52.7 Å². The van der Waals surface area contributed by atoms with E-state index in [9.17, 15) is 18.8 Å². The van der Waals surface area contributed by atoms with Gasteiger partial charge in [-0.2, -0.15) is 5.10 Å². The Labute approximate surface area is 218 Å². The SMILES string of the molecule is COCCNC(=O)c1ccc(Cn2nc(C)c(NC(=O)c3cc(C(N)=O)nc4cc(F)ccc34)c2C)cc1. The summed E-state index contributed by atoms with van der Waals surface area (Å²) in [6, 6.07) is 12.2. The van der Waals surface area contributed by atoms with Crippen LogP contribution in [0.5, 0.6) is 0 Å². The molecule has 4 aromatic rings. The highest BCUT2D eigenvalue weighted by Gasteiger charge is 2.20. The Morgan fingerprint density at radius 2 is 1.79 bits per heavy atom. The molecule has 0 fully saturated rings. The molecule has 0 aliphatic heterocycles. The van der Waals surface area contributed by atoms with Crippen LogP contribution < -0.4 is 16.4 Å². The van der Waals surface area contributed by atoms with E-state index in [1.165, 1.54) is 18.2 Å². The van der Waals surface area contributed by atoms with Crippen LogP contribution in [0, 0.1) is 19.7 Å². The molecule has 38 heavy (non-hydrogen) atoms. The second-order valence-electron chi connectivity index (χ2n) is 8.68. The zero-order valence-electron chi connectivity index (χ0n) is 21.2. The van der Waals surface area contributed by atoms with Crippen LogP contribution in [-0.2, 0) is 11.3 Å². The lowest BCUT2D eigenvalue weighted by Crippen LogP contribution is -2.26. The Morgan fingerprint density at radius 3 is 2.47 bits per heavy atom. The summed E-state index contributed by atoms with van der Waals surface area (Å²) in [5.41, 5.74) is 8.76. The molecule has 0 atom stereocenters. The van der Waals surface area contributed by atoms with Crippen LogP contribution in [0.2, 0.25) is 0 Å². The van der Waals surface area contributed by atoms with E-state index in [0.717, 1.165) is 11.6 Å². The number of halogens is 1. The molecule has 196 valence electrons. The van der Waals surface area contributed by atoms with Gasteiger partial charge >= 0.3 is 0 Å². The number of nitrogens with one attached hydrogen (secondary N) is 2. The second-order valence-corrected chi connectivity index (χ2v) is 8.68. The van der Waals surface area contributed by atoms with Gasteiger partial charge in [0, 0.05) is 30.7 Å². The number of fused-ring (bicyclic) bond motifs is 1. The van der Waals surface area contributed by atoms with E-state index in [0.29, 0.717) is 47.7 Å². The summed E-state index contributed by atoms with van der Waals surface area (Å²) in [5.74, 6) is -2.08. The van der Waals surface area contributed by atoms with E-state index in [1.54, 1.807) is 30.8 Å². The number of hydrogen-bond donors (Lipinski definition) is 3. The zero-order chi connectivity index (χ0) is 27.4. The third-order valence-corrected chi connectivity index (χ3v) is 6.03. The second kappa shape index (κ2) is 11.2. The molecule has 2 aromatic carbocycles. The van der Waals surface area contributed by atoms with Crippen LogP contribution in [0.4, 0.5) is 10.1 Å². The highest BCUT2D eigenvalue weighted by atomic mass is 19.1. The number of nitrogens with zero attached hydrogens (tertiary/aromatic N) is 3.